The number of carbonyl (C=O) groups excluding carboxylic acids is 2. The predicted octanol–water partition coefficient (Wildman–Crippen LogP) is 4.38. The average molecular weight is 344 g/mol. The van der Waals surface area contributed by atoms with Crippen LogP contribution in [0.2, 0.25) is 5.02 Å². The van der Waals surface area contributed by atoms with Crippen molar-refractivity contribution in [3.05, 3.63) is 70.1 Å². The third kappa shape index (κ3) is 2.92. The van der Waals surface area contributed by atoms with Crippen LogP contribution >= 0.6 is 23.4 Å². The van der Waals surface area contributed by atoms with Crippen molar-refractivity contribution in [3.8, 4) is 0 Å². The van der Waals surface area contributed by atoms with E-state index >= 15 is 0 Å². The van der Waals surface area contributed by atoms with Crippen molar-refractivity contribution in [2.24, 2.45) is 0 Å². The van der Waals surface area contributed by atoms with Crippen LogP contribution in [0.3, 0.4) is 0 Å². The first-order valence-electron chi connectivity index (χ1n) is 7.20. The Morgan fingerprint density at radius 1 is 1.00 bits per heavy atom. The number of hydrogen-bond donors (Lipinski definition) is 0. The molecule has 1 aliphatic rings. The molecular weight excluding hydrogens is 330 g/mol. The van der Waals surface area contributed by atoms with E-state index in [0.717, 1.165) is 5.56 Å². The maximum Gasteiger partial charge on any atom is 0.272 e. The van der Waals surface area contributed by atoms with Gasteiger partial charge in [-0.2, -0.15) is 0 Å². The van der Waals surface area contributed by atoms with E-state index in [0.29, 0.717) is 26.9 Å². The molecule has 0 unspecified atom stereocenters. The van der Waals surface area contributed by atoms with Gasteiger partial charge in [0.05, 0.1) is 16.2 Å². The molecule has 0 N–H and O–H groups in total. The van der Waals surface area contributed by atoms with Crippen molar-refractivity contribution >= 4 is 46.4 Å². The molecule has 5 heteroatoms. The van der Waals surface area contributed by atoms with Crippen LogP contribution in [0, 0.1) is 0 Å². The summed E-state index contributed by atoms with van der Waals surface area (Å²) in [5.41, 5.74) is 1.71. The van der Waals surface area contributed by atoms with Gasteiger partial charge in [0, 0.05) is 5.02 Å². The Bertz CT molecular complexity index is 802. The van der Waals surface area contributed by atoms with Crippen LogP contribution in [0.5, 0.6) is 0 Å². The van der Waals surface area contributed by atoms with E-state index in [2.05, 4.69) is 0 Å². The highest BCUT2D eigenvalue weighted by atomic mass is 35.5. The lowest BCUT2D eigenvalue weighted by Crippen LogP contribution is -2.31. The van der Waals surface area contributed by atoms with E-state index in [9.17, 15) is 9.59 Å². The van der Waals surface area contributed by atoms with E-state index < -0.39 is 0 Å². The van der Waals surface area contributed by atoms with Crippen LogP contribution in [0.25, 0.3) is 5.57 Å². The van der Waals surface area contributed by atoms with Crippen molar-refractivity contribution in [2.45, 2.75) is 6.92 Å². The van der Waals surface area contributed by atoms with Crippen LogP contribution in [0.4, 0.5) is 5.69 Å². The van der Waals surface area contributed by atoms with Crippen LogP contribution in [-0.2, 0) is 9.59 Å². The highest BCUT2D eigenvalue weighted by molar-refractivity contribution is 8.04. The second-order valence-electron chi connectivity index (χ2n) is 4.93. The lowest BCUT2D eigenvalue weighted by Gasteiger charge is -2.15. The van der Waals surface area contributed by atoms with Crippen molar-refractivity contribution in [1.29, 1.82) is 0 Å². The van der Waals surface area contributed by atoms with Gasteiger partial charge in [0.2, 0.25) is 0 Å². The fourth-order valence-electron chi connectivity index (χ4n) is 2.50. The highest BCUT2D eigenvalue weighted by Gasteiger charge is 2.39. The number of carbonyl (C=O) groups is 2. The molecule has 0 radical (unpaired) electrons. The second kappa shape index (κ2) is 6.60. The molecular formula is C18H14ClNO2S. The lowest BCUT2D eigenvalue weighted by atomic mass is 10.1. The van der Waals surface area contributed by atoms with Gasteiger partial charge in [-0.1, -0.05) is 54.9 Å². The van der Waals surface area contributed by atoms with Gasteiger partial charge in [-0.15, -0.1) is 11.8 Å². The van der Waals surface area contributed by atoms with Gasteiger partial charge >= 0.3 is 0 Å². The largest absolute Gasteiger partial charge is 0.272 e. The monoisotopic (exact) mass is 343 g/mol. The topological polar surface area (TPSA) is 37.4 Å². The maximum atomic E-state index is 12.9. The van der Waals surface area contributed by atoms with Crippen molar-refractivity contribution in [1.82, 2.24) is 0 Å². The Morgan fingerprint density at radius 3 is 2.39 bits per heavy atom. The first-order chi connectivity index (χ1) is 11.1. The van der Waals surface area contributed by atoms with E-state index in [-0.39, 0.29) is 11.8 Å². The molecule has 23 heavy (non-hydrogen) atoms. The molecule has 116 valence electrons. The number of imide groups is 1. The van der Waals surface area contributed by atoms with E-state index in [4.69, 9.17) is 11.6 Å². The average Bonchev–Trinajstić information content (AvgIpc) is 2.79. The molecule has 0 saturated carbocycles. The normalized spacial score (nSPS) is 14.8. The summed E-state index contributed by atoms with van der Waals surface area (Å²) in [5.74, 6) is 0.121. The minimum absolute atomic E-state index is 0.289. The molecule has 0 spiro atoms. The summed E-state index contributed by atoms with van der Waals surface area (Å²) in [4.78, 5) is 27.4. The Labute approximate surface area is 143 Å². The molecule has 0 aromatic heterocycles. The molecule has 0 fully saturated rings. The Kier molecular flexibility index (Phi) is 4.55. The SMILES string of the molecule is CCSC1=C(c2ccccc2)C(=O)N(c2cccc(Cl)c2)C1=O. The summed E-state index contributed by atoms with van der Waals surface area (Å²) >= 11 is 7.39. The molecule has 2 amide bonds. The van der Waals surface area contributed by atoms with Gasteiger partial charge in [-0.25, -0.2) is 4.90 Å². The zero-order chi connectivity index (χ0) is 16.4. The molecule has 2 aromatic rings. The molecule has 3 nitrogen and oxygen atoms in total. The molecule has 1 aliphatic heterocycles. The summed E-state index contributed by atoms with van der Waals surface area (Å²) in [6.45, 7) is 1.96. The lowest BCUT2D eigenvalue weighted by molar-refractivity contribution is -0.119. The van der Waals surface area contributed by atoms with Gasteiger partial charge in [0.15, 0.2) is 0 Å². The van der Waals surface area contributed by atoms with Crippen molar-refractivity contribution in [3.63, 3.8) is 0 Å². The number of hydrogen-bond acceptors (Lipinski definition) is 3. The van der Waals surface area contributed by atoms with Crippen LogP contribution in [-0.4, -0.2) is 17.6 Å². The van der Waals surface area contributed by atoms with Gasteiger partial charge in [0.25, 0.3) is 11.8 Å². The predicted molar refractivity (Wildman–Crippen MR) is 95.4 cm³/mol. The van der Waals surface area contributed by atoms with E-state index in [1.807, 2.05) is 37.3 Å². The molecule has 0 bridgehead atoms. The van der Waals surface area contributed by atoms with Gasteiger partial charge in [-0.3, -0.25) is 9.59 Å². The first-order valence-corrected chi connectivity index (χ1v) is 8.56. The molecule has 2 aromatic carbocycles. The molecule has 0 atom stereocenters. The summed E-state index contributed by atoms with van der Waals surface area (Å²) in [5, 5.41) is 0.487. The van der Waals surface area contributed by atoms with E-state index in [1.54, 1.807) is 24.3 Å². The molecule has 0 saturated heterocycles. The summed E-state index contributed by atoms with van der Waals surface area (Å²) in [6, 6.07) is 16.1. The fraction of sp³-hybridized carbons (Fsp3) is 0.111. The summed E-state index contributed by atoms with van der Waals surface area (Å²) in [6.07, 6.45) is 0. The first kappa shape index (κ1) is 15.8. The van der Waals surface area contributed by atoms with Gasteiger partial charge in [0.1, 0.15) is 0 Å². The van der Waals surface area contributed by atoms with Crippen molar-refractivity contribution in [2.75, 3.05) is 10.7 Å². The minimum Gasteiger partial charge on any atom is -0.268 e. The van der Waals surface area contributed by atoms with E-state index in [1.165, 1.54) is 16.7 Å². The number of thioether (sulfide) groups is 1. The Hall–Kier alpha value is -2.04. The third-order valence-corrected chi connectivity index (χ3v) is 4.65. The number of benzene rings is 2. The Balaban J connectivity index is 2.10. The molecule has 1 heterocycles. The quantitative estimate of drug-likeness (QED) is 0.773. The third-order valence-electron chi connectivity index (χ3n) is 3.46. The molecule has 3 rings (SSSR count). The zero-order valence-corrected chi connectivity index (χ0v) is 14.0. The number of anilines is 1. The Morgan fingerprint density at radius 2 is 1.74 bits per heavy atom. The summed E-state index contributed by atoms with van der Waals surface area (Å²) in [7, 11) is 0. The number of nitrogens with zero attached hydrogens (tertiary/aromatic N) is 1. The summed E-state index contributed by atoms with van der Waals surface area (Å²) < 4.78 is 0. The van der Waals surface area contributed by atoms with Crippen LogP contribution in [0.15, 0.2) is 59.5 Å². The maximum absolute atomic E-state index is 12.9. The number of amides is 2. The second-order valence-corrected chi connectivity index (χ2v) is 6.64. The van der Waals surface area contributed by atoms with Crippen molar-refractivity contribution < 1.29 is 9.59 Å². The fourth-order valence-corrected chi connectivity index (χ4v) is 3.53. The highest BCUT2D eigenvalue weighted by Crippen LogP contribution is 2.38. The molecule has 0 aliphatic carbocycles. The van der Waals surface area contributed by atoms with Gasteiger partial charge in [-0.05, 0) is 29.5 Å². The van der Waals surface area contributed by atoms with Gasteiger partial charge < -0.3 is 0 Å². The smallest absolute Gasteiger partial charge is 0.268 e. The van der Waals surface area contributed by atoms with Crippen LogP contribution < -0.4 is 4.90 Å². The standard InChI is InChI=1S/C18H14ClNO2S/c1-2-23-16-15(12-7-4-3-5-8-12)17(21)20(18(16)22)14-10-6-9-13(19)11-14/h3-11H,2H2,1H3. The zero-order valence-electron chi connectivity index (χ0n) is 12.5. The minimum atomic E-state index is -0.306. The van der Waals surface area contributed by atoms with Crippen LogP contribution in [0.1, 0.15) is 12.5 Å². The number of rotatable bonds is 4. The number of halogens is 1.